The highest BCUT2D eigenvalue weighted by Crippen LogP contribution is 2.17. The number of rotatable bonds is 4. The summed E-state index contributed by atoms with van der Waals surface area (Å²) < 4.78 is 11.1. The largest absolute Gasteiger partial charge is 0.341 e. The zero-order valence-corrected chi connectivity index (χ0v) is 10.1. The molecule has 0 aromatic rings. The number of hydrogen-bond acceptors (Lipinski definition) is 2. The van der Waals surface area contributed by atoms with Crippen LogP contribution in [0, 0.1) is 0 Å². The van der Waals surface area contributed by atoms with Gasteiger partial charge in [-0.3, -0.25) is 9.00 Å². The van der Waals surface area contributed by atoms with Crippen molar-refractivity contribution in [2.24, 2.45) is 0 Å². The average molecular weight is 268 g/mol. The van der Waals surface area contributed by atoms with Crippen LogP contribution in [-0.4, -0.2) is 44.4 Å². The first-order valence-electron chi connectivity index (χ1n) is 4.43. The molecule has 0 aliphatic carbocycles. The monoisotopic (exact) mass is 267 g/mol. The van der Waals surface area contributed by atoms with E-state index < -0.39 is 10.8 Å². The van der Waals surface area contributed by atoms with Gasteiger partial charge in [-0.25, -0.2) is 0 Å². The van der Waals surface area contributed by atoms with E-state index in [4.69, 9.17) is 0 Å². The summed E-state index contributed by atoms with van der Waals surface area (Å²) in [4.78, 5) is 13.2. The number of nitrogens with zero attached hydrogens (tertiary/aromatic N) is 1. The summed E-state index contributed by atoms with van der Waals surface area (Å²) in [5.41, 5.74) is 0. The SMILES string of the molecule is CCS(=O)CCN1CCC(Br)C1=O. The molecular weight excluding hydrogens is 254 g/mol. The number of likely N-dealkylation sites (tertiary alicyclic amines) is 1. The fourth-order valence-electron chi connectivity index (χ4n) is 1.28. The second-order valence-electron chi connectivity index (χ2n) is 3.01. The van der Waals surface area contributed by atoms with Gasteiger partial charge in [-0.05, 0) is 6.42 Å². The fraction of sp³-hybridized carbons (Fsp3) is 0.875. The minimum atomic E-state index is -0.758. The lowest BCUT2D eigenvalue weighted by Crippen LogP contribution is -2.31. The Bertz CT molecular complexity index is 222. The van der Waals surface area contributed by atoms with Crippen molar-refractivity contribution in [2.75, 3.05) is 24.6 Å². The van der Waals surface area contributed by atoms with Crippen LogP contribution in [0.3, 0.4) is 0 Å². The number of carbonyl (C=O) groups is 1. The Balaban J connectivity index is 2.30. The summed E-state index contributed by atoms with van der Waals surface area (Å²) in [6, 6.07) is 0. The lowest BCUT2D eigenvalue weighted by molar-refractivity contribution is -0.126. The predicted molar refractivity (Wildman–Crippen MR) is 57.5 cm³/mol. The van der Waals surface area contributed by atoms with E-state index in [0.717, 1.165) is 13.0 Å². The maximum absolute atomic E-state index is 11.4. The topological polar surface area (TPSA) is 37.4 Å². The van der Waals surface area contributed by atoms with Crippen molar-refractivity contribution in [3.63, 3.8) is 0 Å². The van der Waals surface area contributed by atoms with Crippen molar-refractivity contribution in [2.45, 2.75) is 18.2 Å². The second kappa shape index (κ2) is 5.10. The summed E-state index contributed by atoms with van der Waals surface area (Å²) in [5.74, 6) is 1.44. The molecule has 13 heavy (non-hydrogen) atoms. The van der Waals surface area contributed by atoms with Gasteiger partial charge in [0.2, 0.25) is 5.91 Å². The molecule has 1 saturated heterocycles. The molecule has 1 fully saturated rings. The van der Waals surface area contributed by atoms with E-state index in [-0.39, 0.29) is 10.7 Å². The predicted octanol–water partition coefficient (Wildman–Crippen LogP) is 0.751. The second-order valence-corrected chi connectivity index (χ2v) is 5.98. The molecule has 0 saturated carbocycles. The van der Waals surface area contributed by atoms with Crippen LogP contribution < -0.4 is 0 Å². The smallest absolute Gasteiger partial charge is 0.236 e. The summed E-state index contributed by atoms with van der Waals surface area (Å²) in [5, 5.41) is 0. The summed E-state index contributed by atoms with van der Waals surface area (Å²) in [7, 11) is -0.758. The molecule has 76 valence electrons. The molecule has 3 nitrogen and oxygen atoms in total. The van der Waals surface area contributed by atoms with Crippen LogP contribution in [-0.2, 0) is 15.6 Å². The Kier molecular flexibility index (Phi) is 4.38. The van der Waals surface area contributed by atoms with Crippen LogP contribution in [0.2, 0.25) is 0 Å². The van der Waals surface area contributed by atoms with Crippen molar-refractivity contribution >= 4 is 32.6 Å². The van der Waals surface area contributed by atoms with Crippen LogP contribution in [0.5, 0.6) is 0 Å². The number of carbonyl (C=O) groups excluding carboxylic acids is 1. The van der Waals surface area contributed by atoms with Gasteiger partial charge in [0.1, 0.15) is 0 Å². The molecule has 0 spiro atoms. The molecule has 2 unspecified atom stereocenters. The Labute approximate surface area is 89.5 Å². The molecular formula is C8H14BrNO2S. The molecule has 1 amide bonds. The van der Waals surface area contributed by atoms with E-state index in [0.29, 0.717) is 18.1 Å². The number of hydrogen-bond donors (Lipinski definition) is 0. The maximum atomic E-state index is 11.4. The van der Waals surface area contributed by atoms with E-state index in [9.17, 15) is 9.00 Å². The Morgan fingerprint density at radius 1 is 1.69 bits per heavy atom. The molecule has 1 heterocycles. The van der Waals surface area contributed by atoms with E-state index in [1.54, 1.807) is 4.90 Å². The number of amides is 1. The minimum Gasteiger partial charge on any atom is -0.341 e. The van der Waals surface area contributed by atoms with Crippen molar-refractivity contribution in [1.29, 1.82) is 0 Å². The highest BCUT2D eigenvalue weighted by molar-refractivity contribution is 9.10. The third kappa shape index (κ3) is 3.06. The zero-order valence-electron chi connectivity index (χ0n) is 7.66. The van der Waals surface area contributed by atoms with Gasteiger partial charge in [-0.2, -0.15) is 0 Å². The fourth-order valence-corrected chi connectivity index (χ4v) is 2.49. The lowest BCUT2D eigenvalue weighted by Gasteiger charge is -2.14. The van der Waals surface area contributed by atoms with E-state index in [1.807, 2.05) is 6.92 Å². The van der Waals surface area contributed by atoms with Crippen LogP contribution in [0.4, 0.5) is 0 Å². The summed E-state index contributed by atoms with van der Waals surface area (Å²) >= 11 is 3.30. The van der Waals surface area contributed by atoms with Gasteiger partial charge in [0.05, 0.1) is 4.83 Å². The van der Waals surface area contributed by atoms with Gasteiger partial charge in [0, 0.05) is 35.4 Å². The van der Waals surface area contributed by atoms with Gasteiger partial charge in [-0.1, -0.05) is 22.9 Å². The first-order chi connectivity index (χ1) is 6.15. The maximum Gasteiger partial charge on any atom is 0.236 e. The van der Waals surface area contributed by atoms with Gasteiger partial charge in [0.15, 0.2) is 0 Å². The van der Waals surface area contributed by atoms with E-state index >= 15 is 0 Å². The average Bonchev–Trinajstić information content (AvgIpc) is 2.44. The molecule has 1 aliphatic heterocycles. The van der Waals surface area contributed by atoms with E-state index in [1.165, 1.54) is 0 Å². The quantitative estimate of drug-likeness (QED) is 0.706. The summed E-state index contributed by atoms with van der Waals surface area (Å²) in [6.07, 6.45) is 0.873. The minimum absolute atomic E-state index is 0.0115. The highest BCUT2D eigenvalue weighted by atomic mass is 79.9. The van der Waals surface area contributed by atoms with Crippen molar-refractivity contribution in [3.8, 4) is 0 Å². The van der Waals surface area contributed by atoms with Crippen LogP contribution in [0.1, 0.15) is 13.3 Å². The molecule has 0 aromatic carbocycles. The zero-order chi connectivity index (χ0) is 9.84. The van der Waals surface area contributed by atoms with Crippen LogP contribution >= 0.6 is 15.9 Å². The molecule has 1 rings (SSSR count). The van der Waals surface area contributed by atoms with Gasteiger partial charge in [0.25, 0.3) is 0 Å². The van der Waals surface area contributed by atoms with Crippen molar-refractivity contribution < 1.29 is 9.00 Å². The highest BCUT2D eigenvalue weighted by Gasteiger charge is 2.28. The molecule has 1 aliphatic rings. The Morgan fingerprint density at radius 3 is 2.85 bits per heavy atom. The van der Waals surface area contributed by atoms with Crippen LogP contribution in [0.15, 0.2) is 0 Å². The van der Waals surface area contributed by atoms with Crippen molar-refractivity contribution in [1.82, 2.24) is 4.90 Å². The van der Waals surface area contributed by atoms with Crippen molar-refractivity contribution in [3.05, 3.63) is 0 Å². The van der Waals surface area contributed by atoms with Crippen LogP contribution in [0.25, 0.3) is 0 Å². The van der Waals surface area contributed by atoms with E-state index in [2.05, 4.69) is 15.9 Å². The van der Waals surface area contributed by atoms with Gasteiger partial charge >= 0.3 is 0 Å². The Hall–Kier alpha value is 0.1000. The number of alkyl halides is 1. The Morgan fingerprint density at radius 2 is 2.38 bits per heavy atom. The standard InChI is InChI=1S/C8H14BrNO2S/c1-2-13(12)6-5-10-4-3-7(9)8(10)11/h7H,2-6H2,1H3. The van der Waals surface area contributed by atoms with Gasteiger partial charge in [-0.15, -0.1) is 0 Å². The molecule has 5 heteroatoms. The molecule has 2 atom stereocenters. The first-order valence-corrected chi connectivity index (χ1v) is 6.83. The number of halogens is 1. The molecule has 0 radical (unpaired) electrons. The third-order valence-electron chi connectivity index (χ3n) is 2.14. The lowest BCUT2D eigenvalue weighted by atomic mass is 10.4. The summed E-state index contributed by atoms with van der Waals surface area (Å²) in [6.45, 7) is 3.34. The third-order valence-corrected chi connectivity index (χ3v) is 4.27. The molecule has 0 bridgehead atoms. The molecule has 0 aromatic heterocycles. The normalized spacial score (nSPS) is 25.2. The van der Waals surface area contributed by atoms with Gasteiger partial charge < -0.3 is 4.90 Å². The molecule has 0 N–H and O–H groups in total. The first kappa shape index (κ1) is 11.2.